The summed E-state index contributed by atoms with van der Waals surface area (Å²) in [5.74, 6) is 1.13. The number of carbonyl (C=O) groups is 2. The summed E-state index contributed by atoms with van der Waals surface area (Å²) in [6, 6.07) is 0. The van der Waals surface area contributed by atoms with Crippen LogP contribution in [0.1, 0.15) is 59.8 Å². The van der Waals surface area contributed by atoms with Crippen LogP contribution in [0, 0.1) is 23.2 Å². The standard InChI is InChI=1S/C19H28O4/c1-12(2)22-16(20)5-6-17(21)23-19-10-13-7-14(11-19)9-15(8-13)18(19,3)4/h5-6,12-15H,7-11H2,1-4H3/b6-5+. The average Bonchev–Trinajstić information content (AvgIpc) is 2.41. The van der Waals surface area contributed by atoms with Gasteiger partial charge in [0.25, 0.3) is 0 Å². The van der Waals surface area contributed by atoms with Crippen molar-refractivity contribution in [3.63, 3.8) is 0 Å². The molecule has 4 nitrogen and oxygen atoms in total. The maximum Gasteiger partial charge on any atom is 0.331 e. The Morgan fingerprint density at radius 1 is 1.00 bits per heavy atom. The molecule has 0 saturated heterocycles. The van der Waals surface area contributed by atoms with Gasteiger partial charge in [-0.25, -0.2) is 9.59 Å². The monoisotopic (exact) mass is 320 g/mol. The summed E-state index contributed by atoms with van der Waals surface area (Å²) >= 11 is 0. The lowest BCUT2D eigenvalue weighted by Gasteiger charge is -2.64. The van der Waals surface area contributed by atoms with E-state index in [1.807, 2.05) is 0 Å². The van der Waals surface area contributed by atoms with Gasteiger partial charge < -0.3 is 9.47 Å². The third kappa shape index (κ3) is 2.92. The molecule has 0 spiro atoms. The number of hydrogen-bond donors (Lipinski definition) is 0. The predicted molar refractivity (Wildman–Crippen MR) is 86.5 cm³/mol. The molecule has 0 aromatic heterocycles. The van der Waals surface area contributed by atoms with Crippen LogP contribution < -0.4 is 0 Å². The summed E-state index contributed by atoms with van der Waals surface area (Å²) in [6.07, 6.45) is 8.01. The molecule has 2 atom stereocenters. The lowest BCUT2D eigenvalue weighted by atomic mass is 9.44. The van der Waals surface area contributed by atoms with Crippen molar-refractivity contribution in [3.05, 3.63) is 12.2 Å². The molecule has 4 heteroatoms. The molecule has 0 radical (unpaired) electrons. The molecule has 4 bridgehead atoms. The Bertz CT molecular complexity index is 517. The molecule has 4 fully saturated rings. The normalized spacial score (nSPS) is 37.3. The zero-order valence-electron chi connectivity index (χ0n) is 14.6. The molecule has 0 N–H and O–H groups in total. The van der Waals surface area contributed by atoms with Crippen molar-refractivity contribution in [2.24, 2.45) is 23.2 Å². The Morgan fingerprint density at radius 2 is 1.57 bits per heavy atom. The van der Waals surface area contributed by atoms with Gasteiger partial charge in [-0.15, -0.1) is 0 Å². The minimum absolute atomic E-state index is 0.0162. The van der Waals surface area contributed by atoms with E-state index >= 15 is 0 Å². The summed E-state index contributed by atoms with van der Waals surface area (Å²) in [5.41, 5.74) is -0.340. The molecule has 128 valence electrons. The lowest BCUT2D eigenvalue weighted by molar-refractivity contribution is -0.231. The van der Waals surface area contributed by atoms with Crippen molar-refractivity contribution in [1.29, 1.82) is 0 Å². The van der Waals surface area contributed by atoms with E-state index in [0.717, 1.165) is 12.8 Å². The van der Waals surface area contributed by atoms with E-state index in [4.69, 9.17) is 9.47 Å². The fourth-order valence-electron chi connectivity index (χ4n) is 5.25. The van der Waals surface area contributed by atoms with Crippen LogP contribution >= 0.6 is 0 Å². The zero-order valence-corrected chi connectivity index (χ0v) is 14.6. The first-order valence-corrected chi connectivity index (χ1v) is 8.83. The van der Waals surface area contributed by atoms with Crippen molar-refractivity contribution < 1.29 is 19.1 Å². The molecule has 0 amide bonds. The molecular weight excluding hydrogens is 292 g/mol. The van der Waals surface area contributed by atoms with Crippen LogP contribution in [0.2, 0.25) is 0 Å². The van der Waals surface area contributed by atoms with Gasteiger partial charge >= 0.3 is 11.9 Å². The van der Waals surface area contributed by atoms with Crippen LogP contribution in [0.5, 0.6) is 0 Å². The molecule has 4 aliphatic carbocycles. The second-order valence-electron chi connectivity index (χ2n) is 8.50. The second kappa shape index (κ2) is 5.64. The minimum atomic E-state index is -0.498. The number of rotatable bonds is 4. The quantitative estimate of drug-likeness (QED) is 0.586. The van der Waals surface area contributed by atoms with Gasteiger partial charge in [-0.2, -0.15) is 0 Å². The van der Waals surface area contributed by atoms with Gasteiger partial charge in [0.05, 0.1) is 6.10 Å². The molecule has 4 aliphatic rings. The molecule has 0 aliphatic heterocycles. The van der Waals surface area contributed by atoms with E-state index in [1.165, 1.54) is 31.4 Å². The topological polar surface area (TPSA) is 52.6 Å². The van der Waals surface area contributed by atoms with E-state index in [-0.39, 0.29) is 17.1 Å². The largest absolute Gasteiger partial charge is 0.460 e. The molecule has 4 rings (SSSR count). The van der Waals surface area contributed by atoms with Crippen molar-refractivity contribution >= 4 is 11.9 Å². The molecular formula is C19H28O4. The summed E-state index contributed by atoms with van der Waals surface area (Å²) < 4.78 is 11.0. The van der Waals surface area contributed by atoms with Crippen molar-refractivity contribution in [2.75, 3.05) is 0 Å². The first-order valence-electron chi connectivity index (χ1n) is 8.83. The number of esters is 2. The van der Waals surface area contributed by atoms with Gasteiger partial charge in [0, 0.05) is 17.6 Å². The van der Waals surface area contributed by atoms with E-state index in [2.05, 4.69) is 13.8 Å². The molecule has 2 unspecified atom stereocenters. The van der Waals surface area contributed by atoms with Gasteiger partial charge in [-0.1, -0.05) is 13.8 Å². The molecule has 0 heterocycles. The van der Waals surface area contributed by atoms with Gasteiger partial charge in [0.2, 0.25) is 0 Å². The number of ether oxygens (including phenoxy) is 2. The minimum Gasteiger partial charge on any atom is -0.460 e. The van der Waals surface area contributed by atoms with Crippen LogP contribution in [0.3, 0.4) is 0 Å². The van der Waals surface area contributed by atoms with Gasteiger partial charge in [0.1, 0.15) is 5.60 Å². The number of carbonyl (C=O) groups excluding carboxylic acids is 2. The fourth-order valence-corrected chi connectivity index (χ4v) is 5.25. The Balaban J connectivity index is 1.70. The van der Waals surface area contributed by atoms with Gasteiger partial charge in [-0.3, -0.25) is 0 Å². The van der Waals surface area contributed by atoms with Crippen molar-refractivity contribution in [3.8, 4) is 0 Å². The van der Waals surface area contributed by atoms with Crippen LogP contribution in [-0.2, 0) is 19.1 Å². The summed E-state index contributed by atoms with van der Waals surface area (Å²) in [5, 5.41) is 0. The van der Waals surface area contributed by atoms with Crippen LogP contribution in [0.15, 0.2) is 12.2 Å². The SMILES string of the molecule is CC(C)OC(=O)/C=C/C(=O)OC12CC3CC(CC(C3)C1(C)C)C2. The van der Waals surface area contributed by atoms with E-state index < -0.39 is 11.9 Å². The molecule has 0 aromatic rings. The summed E-state index contributed by atoms with van der Waals surface area (Å²) in [6.45, 7) is 8.06. The number of hydrogen-bond acceptors (Lipinski definition) is 4. The highest BCUT2D eigenvalue weighted by molar-refractivity contribution is 5.91. The highest BCUT2D eigenvalue weighted by Crippen LogP contribution is 2.65. The Hall–Kier alpha value is -1.32. The maximum absolute atomic E-state index is 12.3. The average molecular weight is 320 g/mol. The smallest absolute Gasteiger partial charge is 0.331 e. The molecule has 23 heavy (non-hydrogen) atoms. The Kier molecular flexibility index (Phi) is 4.06. The lowest BCUT2D eigenvalue weighted by Crippen LogP contribution is -2.63. The van der Waals surface area contributed by atoms with E-state index in [0.29, 0.717) is 17.8 Å². The van der Waals surface area contributed by atoms with Gasteiger partial charge in [0.15, 0.2) is 0 Å². The summed E-state index contributed by atoms with van der Waals surface area (Å²) in [4.78, 5) is 23.8. The first kappa shape index (κ1) is 16.5. The Morgan fingerprint density at radius 3 is 2.13 bits per heavy atom. The third-order valence-electron chi connectivity index (χ3n) is 6.34. The fraction of sp³-hybridized carbons (Fsp3) is 0.789. The van der Waals surface area contributed by atoms with Crippen molar-refractivity contribution in [2.45, 2.75) is 71.5 Å². The van der Waals surface area contributed by atoms with Crippen molar-refractivity contribution in [1.82, 2.24) is 0 Å². The van der Waals surface area contributed by atoms with E-state index in [1.54, 1.807) is 13.8 Å². The summed E-state index contributed by atoms with van der Waals surface area (Å²) in [7, 11) is 0. The van der Waals surface area contributed by atoms with Crippen LogP contribution in [0.25, 0.3) is 0 Å². The van der Waals surface area contributed by atoms with Gasteiger partial charge in [-0.05, 0) is 63.7 Å². The highest BCUT2D eigenvalue weighted by atomic mass is 16.6. The zero-order chi connectivity index (χ0) is 16.8. The molecule has 4 saturated carbocycles. The Labute approximate surface area is 138 Å². The highest BCUT2D eigenvalue weighted by Gasteiger charge is 2.63. The van der Waals surface area contributed by atoms with Crippen LogP contribution in [-0.4, -0.2) is 23.6 Å². The predicted octanol–water partition coefficient (Wildman–Crippen LogP) is 3.64. The maximum atomic E-state index is 12.3. The second-order valence-corrected chi connectivity index (χ2v) is 8.50. The van der Waals surface area contributed by atoms with Crippen LogP contribution in [0.4, 0.5) is 0 Å². The molecule has 0 aromatic carbocycles. The third-order valence-corrected chi connectivity index (χ3v) is 6.34. The first-order chi connectivity index (χ1) is 10.7. The van der Waals surface area contributed by atoms with E-state index in [9.17, 15) is 9.59 Å².